The first-order chi connectivity index (χ1) is 7.13. The molecule has 1 aliphatic rings. The van der Waals surface area contributed by atoms with Crippen molar-refractivity contribution in [3.63, 3.8) is 0 Å². The third kappa shape index (κ3) is 4.38. The quantitative estimate of drug-likeness (QED) is 0.695. The summed E-state index contributed by atoms with van der Waals surface area (Å²) in [7, 11) is 0. The van der Waals surface area contributed by atoms with Gasteiger partial charge in [-0.3, -0.25) is 0 Å². The summed E-state index contributed by atoms with van der Waals surface area (Å²) in [6.07, 6.45) is 8.09. The number of hydrogen-bond donors (Lipinski definition) is 1. The average molecular weight is 209 g/mol. The van der Waals surface area contributed by atoms with Gasteiger partial charge in [0.1, 0.15) is 0 Å². The van der Waals surface area contributed by atoms with Gasteiger partial charge in [-0.15, -0.1) is 0 Å². The SMILES string of the molecule is CCNC(C=C(C)C)C1CCCC(C)C1. The van der Waals surface area contributed by atoms with E-state index in [0.717, 1.165) is 18.4 Å². The normalized spacial score (nSPS) is 28.5. The largest absolute Gasteiger partial charge is 0.311 e. The minimum absolute atomic E-state index is 0.614. The van der Waals surface area contributed by atoms with Crippen LogP contribution in [0.4, 0.5) is 0 Å². The van der Waals surface area contributed by atoms with Crippen molar-refractivity contribution < 1.29 is 0 Å². The number of hydrogen-bond acceptors (Lipinski definition) is 1. The first kappa shape index (κ1) is 12.8. The molecule has 1 heteroatoms. The standard InChI is InChI=1S/C14H27N/c1-5-15-14(9-11(2)3)13-8-6-7-12(4)10-13/h9,12-15H,5-8,10H2,1-4H3. The Kier molecular flexibility index (Phi) is 5.38. The Morgan fingerprint density at radius 1 is 1.40 bits per heavy atom. The highest BCUT2D eigenvalue weighted by molar-refractivity contribution is 5.03. The monoisotopic (exact) mass is 209 g/mol. The van der Waals surface area contributed by atoms with Crippen LogP contribution in [-0.4, -0.2) is 12.6 Å². The van der Waals surface area contributed by atoms with Gasteiger partial charge in [-0.1, -0.05) is 38.3 Å². The Bertz CT molecular complexity index is 203. The molecule has 0 aromatic rings. The third-order valence-electron chi connectivity index (χ3n) is 3.44. The van der Waals surface area contributed by atoms with Gasteiger partial charge < -0.3 is 5.32 Å². The fraction of sp³-hybridized carbons (Fsp3) is 0.857. The van der Waals surface area contributed by atoms with Gasteiger partial charge in [-0.05, 0) is 45.1 Å². The van der Waals surface area contributed by atoms with E-state index in [1.54, 1.807) is 0 Å². The van der Waals surface area contributed by atoms with Gasteiger partial charge in [0.05, 0.1) is 0 Å². The van der Waals surface area contributed by atoms with Crippen molar-refractivity contribution in [2.24, 2.45) is 11.8 Å². The van der Waals surface area contributed by atoms with E-state index in [2.05, 4.69) is 39.1 Å². The van der Waals surface area contributed by atoms with Crippen LogP contribution in [0.2, 0.25) is 0 Å². The molecule has 0 heterocycles. The summed E-state index contributed by atoms with van der Waals surface area (Å²) in [5.74, 6) is 1.79. The number of allylic oxidation sites excluding steroid dienone is 1. The van der Waals surface area contributed by atoms with Crippen molar-refractivity contribution in [1.29, 1.82) is 0 Å². The number of nitrogens with one attached hydrogen (secondary N) is 1. The molecule has 3 atom stereocenters. The Hall–Kier alpha value is -0.300. The molecule has 15 heavy (non-hydrogen) atoms. The maximum absolute atomic E-state index is 3.63. The fourth-order valence-corrected chi connectivity index (χ4v) is 2.76. The Morgan fingerprint density at radius 3 is 2.67 bits per heavy atom. The van der Waals surface area contributed by atoms with Crippen molar-refractivity contribution in [2.75, 3.05) is 6.54 Å². The molecule has 0 saturated heterocycles. The number of likely N-dealkylation sites (N-methyl/N-ethyl adjacent to an activating group) is 1. The molecule has 0 radical (unpaired) electrons. The molecule has 1 saturated carbocycles. The van der Waals surface area contributed by atoms with Crippen LogP contribution in [0.15, 0.2) is 11.6 Å². The maximum atomic E-state index is 3.63. The second kappa shape index (κ2) is 6.32. The van der Waals surface area contributed by atoms with Gasteiger partial charge in [-0.2, -0.15) is 0 Å². The maximum Gasteiger partial charge on any atom is 0.0280 e. The molecule has 0 aromatic carbocycles. The molecule has 0 aromatic heterocycles. The lowest BCUT2D eigenvalue weighted by atomic mass is 9.78. The highest BCUT2D eigenvalue weighted by Crippen LogP contribution is 2.31. The molecule has 1 aliphatic carbocycles. The van der Waals surface area contributed by atoms with Gasteiger partial charge in [-0.25, -0.2) is 0 Å². The Labute approximate surface area is 95.3 Å². The molecule has 1 rings (SSSR count). The molecular formula is C14H27N. The predicted octanol–water partition coefficient (Wildman–Crippen LogP) is 3.76. The smallest absolute Gasteiger partial charge is 0.0280 e. The van der Waals surface area contributed by atoms with Gasteiger partial charge in [0.15, 0.2) is 0 Å². The minimum Gasteiger partial charge on any atom is -0.311 e. The summed E-state index contributed by atoms with van der Waals surface area (Å²) >= 11 is 0. The van der Waals surface area contributed by atoms with Crippen LogP contribution in [0.1, 0.15) is 53.4 Å². The van der Waals surface area contributed by atoms with E-state index >= 15 is 0 Å². The third-order valence-corrected chi connectivity index (χ3v) is 3.44. The van der Waals surface area contributed by atoms with E-state index in [9.17, 15) is 0 Å². The summed E-state index contributed by atoms with van der Waals surface area (Å²) in [4.78, 5) is 0. The fourth-order valence-electron chi connectivity index (χ4n) is 2.76. The topological polar surface area (TPSA) is 12.0 Å². The van der Waals surface area contributed by atoms with E-state index in [0.29, 0.717) is 6.04 Å². The van der Waals surface area contributed by atoms with Crippen LogP contribution in [0.25, 0.3) is 0 Å². The van der Waals surface area contributed by atoms with Gasteiger partial charge in [0.25, 0.3) is 0 Å². The molecule has 1 fully saturated rings. The molecule has 1 nitrogen and oxygen atoms in total. The van der Waals surface area contributed by atoms with E-state index < -0.39 is 0 Å². The molecule has 0 amide bonds. The molecule has 1 N–H and O–H groups in total. The Morgan fingerprint density at radius 2 is 2.13 bits per heavy atom. The highest BCUT2D eigenvalue weighted by atomic mass is 14.9. The van der Waals surface area contributed by atoms with Crippen LogP contribution < -0.4 is 5.32 Å². The zero-order valence-corrected chi connectivity index (χ0v) is 10.8. The average Bonchev–Trinajstić information content (AvgIpc) is 2.16. The second-order valence-electron chi connectivity index (χ2n) is 5.36. The van der Waals surface area contributed by atoms with Crippen molar-refractivity contribution >= 4 is 0 Å². The first-order valence-electron chi connectivity index (χ1n) is 6.52. The second-order valence-corrected chi connectivity index (χ2v) is 5.36. The molecule has 88 valence electrons. The van der Waals surface area contributed by atoms with Crippen molar-refractivity contribution in [1.82, 2.24) is 5.32 Å². The minimum atomic E-state index is 0.614. The summed E-state index contributed by atoms with van der Waals surface area (Å²) in [5.41, 5.74) is 1.44. The van der Waals surface area contributed by atoms with Crippen LogP contribution in [0.3, 0.4) is 0 Å². The van der Waals surface area contributed by atoms with Crippen molar-refractivity contribution in [3.05, 3.63) is 11.6 Å². The molecular weight excluding hydrogens is 182 g/mol. The van der Waals surface area contributed by atoms with Crippen LogP contribution >= 0.6 is 0 Å². The predicted molar refractivity (Wildman–Crippen MR) is 68.0 cm³/mol. The van der Waals surface area contributed by atoms with Crippen LogP contribution in [-0.2, 0) is 0 Å². The van der Waals surface area contributed by atoms with Crippen LogP contribution in [0, 0.1) is 11.8 Å². The van der Waals surface area contributed by atoms with Gasteiger partial charge in [0.2, 0.25) is 0 Å². The van der Waals surface area contributed by atoms with E-state index in [-0.39, 0.29) is 0 Å². The molecule has 0 aliphatic heterocycles. The molecule has 0 spiro atoms. The van der Waals surface area contributed by atoms with Crippen LogP contribution in [0.5, 0.6) is 0 Å². The highest BCUT2D eigenvalue weighted by Gasteiger charge is 2.24. The summed E-state index contributed by atoms with van der Waals surface area (Å²) < 4.78 is 0. The zero-order chi connectivity index (χ0) is 11.3. The van der Waals surface area contributed by atoms with Gasteiger partial charge >= 0.3 is 0 Å². The van der Waals surface area contributed by atoms with Crippen molar-refractivity contribution in [2.45, 2.75) is 59.4 Å². The lowest BCUT2D eigenvalue weighted by Gasteiger charge is -2.32. The zero-order valence-electron chi connectivity index (χ0n) is 10.8. The summed E-state index contributed by atoms with van der Waals surface area (Å²) in [5, 5.41) is 3.63. The van der Waals surface area contributed by atoms with E-state index in [4.69, 9.17) is 0 Å². The Balaban J connectivity index is 2.57. The lowest BCUT2D eigenvalue weighted by molar-refractivity contribution is 0.246. The number of rotatable bonds is 4. The van der Waals surface area contributed by atoms with E-state index in [1.165, 1.54) is 31.3 Å². The van der Waals surface area contributed by atoms with Gasteiger partial charge in [0, 0.05) is 6.04 Å². The van der Waals surface area contributed by atoms with E-state index in [1.807, 2.05) is 0 Å². The first-order valence-corrected chi connectivity index (χ1v) is 6.52. The lowest BCUT2D eigenvalue weighted by Crippen LogP contribution is -2.37. The summed E-state index contributed by atoms with van der Waals surface area (Å²) in [6, 6.07) is 0.614. The van der Waals surface area contributed by atoms with Crippen molar-refractivity contribution in [3.8, 4) is 0 Å². The molecule has 0 bridgehead atoms. The summed E-state index contributed by atoms with van der Waals surface area (Å²) in [6.45, 7) is 10.1. The molecule has 3 unspecified atom stereocenters.